The van der Waals surface area contributed by atoms with E-state index in [1.165, 1.54) is 11.8 Å². The molecular formula is C12H14N4OS. The van der Waals surface area contributed by atoms with Crippen molar-refractivity contribution in [1.82, 2.24) is 15.3 Å². The fraction of sp³-hybridized carbons (Fsp3) is 0.250. The molecule has 0 atom stereocenters. The van der Waals surface area contributed by atoms with Gasteiger partial charge in [0.15, 0.2) is 0 Å². The Labute approximate surface area is 109 Å². The summed E-state index contributed by atoms with van der Waals surface area (Å²) < 4.78 is 0. The highest BCUT2D eigenvalue weighted by molar-refractivity contribution is 7.07. The number of anilines is 1. The van der Waals surface area contributed by atoms with E-state index in [0.29, 0.717) is 18.1 Å². The van der Waals surface area contributed by atoms with Gasteiger partial charge >= 0.3 is 0 Å². The van der Waals surface area contributed by atoms with Crippen LogP contribution in [0.3, 0.4) is 0 Å². The first-order valence-electron chi connectivity index (χ1n) is 5.58. The Morgan fingerprint density at radius 2 is 2.33 bits per heavy atom. The normalized spacial score (nSPS) is 10.1. The topological polar surface area (TPSA) is 66.9 Å². The predicted molar refractivity (Wildman–Crippen MR) is 71.9 cm³/mol. The average Bonchev–Trinajstić information content (AvgIpc) is 2.92. The van der Waals surface area contributed by atoms with Crippen LogP contribution in [0.5, 0.6) is 0 Å². The third-order valence-electron chi connectivity index (χ3n) is 2.40. The van der Waals surface area contributed by atoms with Crippen LogP contribution in [0.2, 0.25) is 0 Å². The van der Waals surface area contributed by atoms with Crippen molar-refractivity contribution in [2.24, 2.45) is 0 Å². The van der Waals surface area contributed by atoms with Gasteiger partial charge in [0.1, 0.15) is 11.5 Å². The number of thiophene rings is 1. The predicted octanol–water partition coefficient (Wildman–Crippen LogP) is 1.55. The number of nitrogens with zero attached hydrogens (tertiary/aromatic N) is 2. The second-order valence-electron chi connectivity index (χ2n) is 3.68. The molecule has 1 amide bonds. The summed E-state index contributed by atoms with van der Waals surface area (Å²) in [5.74, 6) is 0.385. The van der Waals surface area contributed by atoms with Crippen molar-refractivity contribution < 1.29 is 4.79 Å². The van der Waals surface area contributed by atoms with Crippen LogP contribution in [-0.4, -0.2) is 29.5 Å². The molecule has 0 aliphatic rings. The minimum absolute atomic E-state index is 0.199. The van der Waals surface area contributed by atoms with E-state index < -0.39 is 0 Å². The van der Waals surface area contributed by atoms with Gasteiger partial charge in [-0.05, 0) is 28.8 Å². The van der Waals surface area contributed by atoms with Crippen LogP contribution in [-0.2, 0) is 6.42 Å². The Morgan fingerprint density at radius 3 is 3.06 bits per heavy atom. The molecule has 5 nitrogen and oxygen atoms in total. The van der Waals surface area contributed by atoms with Crippen molar-refractivity contribution >= 4 is 23.1 Å². The van der Waals surface area contributed by atoms with Gasteiger partial charge in [-0.25, -0.2) is 4.98 Å². The summed E-state index contributed by atoms with van der Waals surface area (Å²) >= 11 is 1.66. The zero-order chi connectivity index (χ0) is 12.8. The van der Waals surface area contributed by atoms with Gasteiger partial charge in [0, 0.05) is 13.6 Å². The van der Waals surface area contributed by atoms with E-state index in [0.717, 1.165) is 6.42 Å². The van der Waals surface area contributed by atoms with E-state index in [4.69, 9.17) is 0 Å². The molecule has 2 heterocycles. The van der Waals surface area contributed by atoms with E-state index >= 15 is 0 Å². The Balaban J connectivity index is 1.87. The van der Waals surface area contributed by atoms with Gasteiger partial charge in [-0.2, -0.15) is 11.3 Å². The number of aromatic nitrogens is 2. The zero-order valence-electron chi connectivity index (χ0n) is 10.0. The highest BCUT2D eigenvalue weighted by Gasteiger charge is 2.07. The van der Waals surface area contributed by atoms with Crippen molar-refractivity contribution in [2.45, 2.75) is 6.42 Å². The number of carbonyl (C=O) groups excluding carboxylic acids is 1. The van der Waals surface area contributed by atoms with Crippen LogP contribution in [0.15, 0.2) is 29.2 Å². The molecule has 0 unspecified atom stereocenters. The van der Waals surface area contributed by atoms with Gasteiger partial charge in [0.2, 0.25) is 0 Å². The van der Waals surface area contributed by atoms with Crippen molar-refractivity contribution in [3.8, 4) is 0 Å². The van der Waals surface area contributed by atoms with Gasteiger partial charge < -0.3 is 10.6 Å². The molecule has 0 aliphatic carbocycles. The summed E-state index contributed by atoms with van der Waals surface area (Å²) in [6.07, 6.45) is 3.86. The molecule has 18 heavy (non-hydrogen) atoms. The molecule has 0 aliphatic heterocycles. The van der Waals surface area contributed by atoms with Crippen molar-refractivity contribution in [2.75, 3.05) is 18.9 Å². The molecule has 0 fully saturated rings. The van der Waals surface area contributed by atoms with Crippen LogP contribution >= 0.6 is 11.3 Å². The van der Waals surface area contributed by atoms with Crippen molar-refractivity contribution in [1.29, 1.82) is 0 Å². The maximum atomic E-state index is 11.8. The van der Waals surface area contributed by atoms with E-state index in [2.05, 4.69) is 32.0 Å². The summed E-state index contributed by atoms with van der Waals surface area (Å²) in [5.41, 5.74) is 1.56. The van der Waals surface area contributed by atoms with Gasteiger partial charge in [0.25, 0.3) is 5.91 Å². The summed E-state index contributed by atoms with van der Waals surface area (Å²) in [7, 11) is 1.74. The number of nitrogens with one attached hydrogen (secondary N) is 2. The molecule has 0 radical (unpaired) electrons. The summed E-state index contributed by atoms with van der Waals surface area (Å²) in [6.45, 7) is 0.598. The molecule has 2 rings (SSSR count). The largest absolute Gasteiger partial charge is 0.372 e. The lowest BCUT2D eigenvalue weighted by Gasteiger charge is -2.05. The van der Waals surface area contributed by atoms with Gasteiger partial charge in [0.05, 0.1) is 12.4 Å². The number of hydrogen-bond donors (Lipinski definition) is 2. The summed E-state index contributed by atoms with van der Waals surface area (Å²) in [6, 6.07) is 2.05. The fourth-order valence-electron chi connectivity index (χ4n) is 1.44. The lowest BCUT2D eigenvalue weighted by Crippen LogP contribution is -2.26. The monoisotopic (exact) mass is 262 g/mol. The van der Waals surface area contributed by atoms with Gasteiger partial charge in [-0.3, -0.25) is 9.78 Å². The van der Waals surface area contributed by atoms with Crippen LogP contribution in [0.25, 0.3) is 0 Å². The number of rotatable bonds is 5. The van der Waals surface area contributed by atoms with E-state index in [-0.39, 0.29) is 5.91 Å². The molecule has 6 heteroatoms. The SMILES string of the molecule is CNc1cncc(C(=O)NCCc2ccsc2)n1. The maximum absolute atomic E-state index is 11.8. The zero-order valence-corrected chi connectivity index (χ0v) is 10.8. The Kier molecular flexibility index (Phi) is 4.25. The second-order valence-corrected chi connectivity index (χ2v) is 4.46. The first-order chi connectivity index (χ1) is 8.79. The van der Waals surface area contributed by atoms with Crippen LogP contribution in [0, 0.1) is 0 Å². The molecule has 94 valence electrons. The molecule has 0 spiro atoms. The molecule has 0 bridgehead atoms. The maximum Gasteiger partial charge on any atom is 0.271 e. The first-order valence-corrected chi connectivity index (χ1v) is 6.53. The van der Waals surface area contributed by atoms with Crippen molar-refractivity contribution in [3.63, 3.8) is 0 Å². The van der Waals surface area contributed by atoms with Gasteiger partial charge in [-0.1, -0.05) is 0 Å². The number of carbonyl (C=O) groups is 1. The Morgan fingerprint density at radius 1 is 1.44 bits per heavy atom. The Bertz CT molecular complexity index is 513. The molecule has 0 saturated carbocycles. The molecular weight excluding hydrogens is 248 g/mol. The van der Waals surface area contributed by atoms with Crippen molar-refractivity contribution in [3.05, 3.63) is 40.5 Å². The molecule has 2 N–H and O–H groups in total. The van der Waals surface area contributed by atoms with Crippen LogP contribution < -0.4 is 10.6 Å². The smallest absolute Gasteiger partial charge is 0.271 e. The van der Waals surface area contributed by atoms with E-state index in [1.807, 2.05) is 5.38 Å². The number of amides is 1. The number of hydrogen-bond acceptors (Lipinski definition) is 5. The van der Waals surface area contributed by atoms with E-state index in [9.17, 15) is 4.79 Å². The average molecular weight is 262 g/mol. The summed E-state index contributed by atoms with van der Waals surface area (Å²) in [5, 5.41) is 9.78. The first kappa shape index (κ1) is 12.5. The second kappa shape index (κ2) is 6.11. The third kappa shape index (κ3) is 3.27. The third-order valence-corrected chi connectivity index (χ3v) is 3.13. The highest BCUT2D eigenvalue weighted by Crippen LogP contribution is 2.06. The fourth-order valence-corrected chi connectivity index (χ4v) is 2.14. The molecule has 2 aromatic rings. The Hall–Kier alpha value is -1.95. The van der Waals surface area contributed by atoms with E-state index in [1.54, 1.807) is 24.6 Å². The van der Waals surface area contributed by atoms with Gasteiger partial charge in [-0.15, -0.1) is 0 Å². The molecule has 2 aromatic heterocycles. The molecule has 0 saturated heterocycles. The lowest BCUT2D eigenvalue weighted by molar-refractivity contribution is 0.0949. The minimum Gasteiger partial charge on any atom is -0.372 e. The summed E-state index contributed by atoms with van der Waals surface area (Å²) in [4.78, 5) is 19.9. The molecule has 0 aromatic carbocycles. The minimum atomic E-state index is -0.199. The van der Waals surface area contributed by atoms with Crippen LogP contribution in [0.1, 0.15) is 16.1 Å². The quantitative estimate of drug-likeness (QED) is 0.858. The highest BCUT2D eigenvalue weighted by atomic mass is 32.1. The van der Waals surface area contributed by atoms with Crippen LogP contribution in [0.4, 0.5) is 5.82 Å². The standard InChI is InChI=1S/C12H14N4OS/c1-13-11-7-14-6-10(16-11)12(17)15-4-2-9-3-5-18-8-9/h3,5-8H,2,4H2,1H3,(H,13,16)(H,15,17). The lowest BCUT2D eigenvalue weighted by atomic mass is 10.2.